The highest BCUT2D eigenvalue weighted by Crippen LogP contribution is 2.18. The van der Waals surface area contributed by atoms with Crippen LogP contribution in [-0.2, 0) is 13.0 Å². The summed E-state index contributed by atoms with van der Waals surface area (Å²) in [7, 11) is 0. The van der Waals surface area contributed by atoms with Crippen LogP contribution < -0.4 is 10.6 Å². The zero-order valence-electron chi connectivity index (χ0n) is 15.2. The standard InChI is InChI=1S/C21H20N6O/c28-20(25-11-15-4-3-8-22-10-15)17-13-26-21(27-14-17)23-9-7-16-12-24-19-6-2-1-5-18(16)19/h1-6,8,10,12-14,24H,7,9,11H2,(H,25,28)(H,23,26,27). The minimum absolute atomic E-state index is 0.214. The summed E-state index contributed by atoms with van der Waals surface area (Å²) in [6.45, 7) is 1.12. The lowest BCUT2D eigenvalue weighted by Crippen LogP contribution is -2.23. The molecule has 4 rings (SSSR count). The van der Waals surface area contributed by atoms with Gasteiger partial charge in [0, 0.05) is 55.0 Å². The summed E-state index contributed by atoms with van der Waals surface area (Å²) >= 11 is 0. The molecule has 28 heavy (non-hydrogen) atoms. The smallest absolute Gasteiger partial charge is 0.254 e. The molecule has 7 heteroatoms. The lowest BCUT2D eigenvalue weighted by atomic mass is 10.1. The first-order valence-electron chi connectivity index (χ1n) is 9.07. The van der Waals surface area contributed by atoms with Crippen molar-refractivity contribution in [1.29, 1.82) is 0 Å². The van der Waals surface area contributed by atoms with Crippen LogP contribution in [0.25, 0.3) is 10.9 Å². The molecule has 0 aliphatic rings. The topological polar surface area (TPSA) is 95.6 Å². The quantitative estimate of drug-likeness (QED) is 0.464. The molecule has 0 spiro atoms. The van der Waals surface area contributed by atoms with Crippen LogP contribution >= 0.6 is 0 Å². The van der Waals surface area contributed by atoms with Crippen LogP contribution in [-0.4, -0.2) is 32.4 Å². The first-order chi connectivity index (χ1) is 13.8. The minimum atomic E-state index is -0.214. The molecule has 3 heterocycles. The van der Waals surface area contributed by atoms with Crippen molar-refractivity contribution in [2.75, 3.05) is 11.9 Å². The number of para-hydroxylation sites is 1. The highest BCUT2D eigenvalue weighted by Gasteiger charge is 2.07. The van der Waals surface area contributed by atoms with Crippen LogP contribution in [0.2, 0.25) is 0 Å². The Morgan fingerprint density at radius 1 is 1.04 bits per heavy atom. The first kappa shape index (κ1) is 17.7. The van der Waals surface area contributed by atoms with Crippen molar-refractivity contribution in [1.82, 2.24) is 25.3 Å². The van der Waals surface area contributed by atoms with Crippen molar-refractivity contribution < 1.29 is 4.79 Å². The van der Waals surface area contributed by atoms with Gasteiger partial charge < -0.3 is 15.6 Å². The van der Waals surface area contributed by atoms with Gasteiger partial charge in [-0.05, 0) is 29.7 Å². The van der Waals surface area contributed by atoms with E-state index in [1.807, 2.05) is 30.5 Å². The van der Waals surface area contributed by atoms with E-state index in [4.69, 9.17) is 0 Å². The molecular weight excluding hydrogens is 352 g/mol. The molecule has 0 saturated heterocycles. The third-order valence-electron chi connectivity index (χ3n) is 4.44. The molecule has 0 saturated carbocycles. The van der Waals surface area contributed by atoms with Gasteiger partial charge in [0.2, 0.25) is 5.95 Å². The fourth-order valence-electron chi connectivity index (χ4n) is 2.97. The predicted molar refractivity (Wildman–Crippen MR) is 108 cm³/mol. The van der Waals surface area contributed by atoms with E-state index < -0.39 is 0 Å². The molecular formula is C21H20N6O. The maximum atomic E-state index is 12.2. The number of aromatic nitrogens is 4. The number of pyridine rings is 1. The van der Waals surface area contributed by atoms with E-state index in [1.165, 1.54) is 23.3 Å². The summed E-state index contributed by atoms with van der Waals surface area (Å²) in [6.07, 6.45) is 9.35. The van der Waals surface area contributed by atoms with Gasteiger partial charge >= 0.3 is 0 Å². The molecule has 0 fully saturated rings. The third-order valence-corrected chi connectivity index (χ3v) is 4.44. The zero-order valence-corrected chi connectivity index (χ0v) is 15.2. The van der Waals surface area contributed by atoms with Gasteiger partial charge in [-0.25, -0.2) is 9.97 Å². The molecule has 1 aromatic carbocycles. The van der Waals surface area contributed by atoms with Gasteiger partial charge in [-0.2, -0.15) is 0 Å². The molecule has 0 aliphatic heterocycles. The largest absolute Gasteiger partial charge is 0.361 e. The molecule has 140 valence electrons. The highest BCUT2D eigenvalue weighted by atomic mass is 16.1. The number of hydrogen-bond acceptors (Lipinski definition) is 5. The number of benzene rings is 1. The SMILES string of the molecule is O=C(NCc1cccnc1)c1cnc(NCCc2c[nH]c3ccccc23)nc1. The van der Waals surface area contributed by atoms with Crippen LogP contribution in [0.3, 0.4) is 0 Å². The molecule has 3 aromatic heterocycles. The number of carbonyl (C=O) groups excluding carboxylic acids is 1. The van der Waals surface area contributed by atoms with Gasteiger partial charge in [-0.1, -0.05) is 24.3 Å². The summed E-state index contributed by atoms with van der Waals surface area (Å²) < 4.78 is 0. The van der Waals surface area contributed by atoms with Crippen LogP contribution in [0.4, 0.5) is 5.95 Å². The molecule has 1 amide bonds. The van der Waals surface area contributed by atoms with E-state index >= 15 is 0 Å². The maximum Gasteiger partial charge on any atom is 0.254 e. The summed E-state index contributed by atoms with van der Waals surface area (Å²) in [5.74, 6) is 0.290. The normalized spacial score (nSPS) is 10.7. The summed E-state index contributed by atoms with van der Waals surface area (Å²) in [5.41, 5.74) is 3.74. The Bertz CT molecular complexity index is 1060. The number of nitrogens with zero attached hydrogens (tertiary/aromatic N) is 3. The second kappa shape index (κ2) is 8.30. The van der Waals surface area contributed by atoms with Crippen LogP contribution in [0.1, 0.15) is 21.5 Å². The molecule has 3 N–H and O–H groups in total. The molecule has 7 nitrogen and oxygen atoms in total. The summed E-state index contributed by atoms with van der Waals surface area (Å²) in [6, 6.07) is 12.0. The van der Waals surface area contributed by atoms with E-state index in [0.29, 0.717) is 24.6 Å². The number of H-pyrrole nitrogens is 1. The van der Waals surface area contributed by atoms with Crippen LogP contribution in [0.15, 0.2) is 67.4 Å². The minimum Gasteiger partial charge on any atom is -0.361 e. The number of anilines is 1. The Morgan fingerprint density at radius 3 is 2.71 bits per heavy atom. The zero-order chi connectivity index (χ0) is 19.2. The van der Waals surface area contributed by atoms with Gasteiger partial charge in [-0.3, -0.25) is 9.78 Å². The van der Waals surface area contributed by atoms with Crippen molar-refractivity contribution in [3.05, 3.63) is 84.1 Å². The van der Waals surface area contributed by atoms with Crippen molar-refractivity contribution in [3.63, 3.8) is 0 Å². The number of nitrogens with one attached hydrogen (secondary N) is 3. The molecule has 0 atom stereocenters. The fraction of sp³-hybridized carbons (Fsp3) is 0.143. The first-order valence-corrected chi connectivity index (χ1v) is 9.07. The Labute approximate surface area is 162 Å². The van der Waals surface area contributed by atoms with Gasteiger partial charge in [0.05, 0.1) is 5.56 Å². The molecule has 0 aliphatic carbocycles. The van der Waals surface area contributed by atoms with Gasteiger partial charge in [-0.15, -0.1) is 0 Å². The molecule has 4 aromatic rings. The van der Waals surface area contributed by atoms with E-state index in [2.05, 4.69) is 42.7 Å². The number of carbonyl (C=O) groups is 1. The number of amides is 1. The van der Waals surface area contributed by atoms with Gasteiger partial charge in [0.15, 0.2) is 0 Å². The Hall–Kier alpha value is -3.74. The predicted octanol–water partition coefficient (Wildman–Crippen LogP) is 2.94. The molecule has 0 unspecified atom stereocenters. The fourth-order valence-corrected chi connectivity index (χ4v) is 2.97. The van der Waals surface area contributed by atoms with Gasteiger partial charge in [0.25, 0.3) is 5.91 Å². The summed E-state index contributed by atoms with van der Waals surface area (Å²) in [4.78, 5) is 28.0. The van der Waals surface area contributed by atoms with Crippen molar-refractivity contribution in [3.8, 4) is 0 Å². The number of fused-ring (bicyclic) bond motifs is 1. The van der Waals surface area contributed by atoms with E-state index in [9.17, 15) is 4.79 Å². The monoisotopic (exact) mass is 372 g/mol. The van der Waals surface area contributed by atoms with Crippen LogP contribution in [0.5, 0.6) is 0 Å². The lowest BCUT2D eigenvalue weighted by molar-refractivity contribution is 0.0950. The number of aromatic amines is 1. The lowest BCUT2D eigenvalue weighted by Gasteiger charge is -2.07. The van der Waals surface area contributed by atoms with E-state index in [0.717, 1.165) is 17.5 Å². The van der Waals surface area contributed by atoms with Gasteiger partial charge in [0.1, 0.15) is 0 Å². The number of rotatable bonds is 7. The van der Waals surface area contributed by atoms with Crippen molar-refractivity contribution in [2.24, 2.45) is 0 Å². The van der Waals surface area contributed by atoms with Crippen molar-refractivity contribution in [2.45, 2.75) is 13.0 Å². The average molecular weight is 372 g/mol. The second-order valence-electron chi connectivity index (χ2n) is 6.38. The maximum absolute atomic E-state index is 12.2. The van der Waals surface area contributed by atoms with E-state index in [1.54, 1.807) is 12.4 Å². The molecule has 0 bridgehead atoms. The Kier molecular flexibility index (Phi) is 5.24. The number of hydrogen-bond donors (Lipinski definition) is 3. The highest BCUT2D eigenvalue weighted by molar-refractivity contribution is 5.93. The Morgan fingerprint density at radius 2 is 1.89 bits per heavy atom. The van der Waals surface area contributed by atoms with Crippen LogP contribution in [0, 0.1) is 0 Å². The summed E-state index contributed by atoms with van der Waals surface area (Å²) in [5, 5.41) is 7.25. The Balaban J connectivity index is 1.29. The average Bonchev–Trinajstić information content (AvgIpc) is 3.16. The third kappa shape index (κ3) is 4.15. The van der Waals surface area contributed by atoms with E-state index in [-0.39, 0.29) is 5.91 Å². The molecule has 0 radical (unpaired) electrons. The second-order valence-corrected chi connectivity index (χ2v) is 6.38. The van der Waals surface area contributed by atoms with Crippen molar-refractivity contribution >= 4 is 22.8 Å².